The molecular formula is C7H12O4. The highest BCUT2D eigenvalue weighted by atomic mass is 16.7. The highest BCUT2D eigenvalue weighted by molar-refractivity contribution is 4.70. The molecule has 0 fully saturated rings. The topological polar surface area (TPSA) is 47.9 Å². The molecule has 0 aromatic heterocycles. The Morgan fingerprint density at radius 2 is 2.00 bits per heavy atom. The molecule has 64 valence electrons. The highest BCUT2D eigenvalue weighted by Crippen LogP contribution is 2.08. The van der Waals surface area contributed by atoms with E-state index in [1.54, 1.807) is 0 Å². The van der Waals surface area contributed by atoms with Crippen molar-refractivity contribution in [1.82, 2.24) is 0 Å². The third kappa shape index (κ3) is 3.25. The Morgan fingerprint density at radius 1 is 1.27 bits per heavy atom. The Kier molecular flexibility index (Phi) is 3.79. The lowest BCUT2D eigenvalue weighted by molar-refractivity contribution is -0.0476. The van der Waals surface area contributed by atoms with Crippen LogP contribution in [0.1, 0.15) is 6.42 Å². The van der Waals surface area contributed by atoms with Gasteiger partial charge in [-0.2, -0.15) is 0 Å². The zero-order chi connectivity index (χ0) is 7.94. The zero-order valence-corrected chi connectivity index (χ0v) is 6.23. The minimum atomic E-state index is -0.200. The summed E-state index contributed by atoms with van der Waals surface area (Å²) in [5, 5.41) is 8.36. The first-order valence-corrected chi connectivity index (χ1v) is 3.58. The lowest BCUT2D eigenvalue weighted by atomic mass is 10.4. The second-order valence-corrected chi connectivity index (χ2v) is 2.10. The molecule has 4 nitrogen and oxygen atoms in total. The van der Waals surface area contributed by atoms with Crippen molar-refractivity contribution in [2.24, 2.45) is 0 Å². The van der Waals surface area contributed by atoms with E-state index in [2.05, 4.69) is 0 Å². The maximum Gasteiger partial charge on any atom is 0.241 e. The molecule has 1 aliphatic heterocycles. The lowest BCUT2D eigenvalue weighted by Gasteiger charge is -2.09. The minimum absolute atomic E-state index is 0.0601. The largest absolute Gasteiger partial charge is 0.459 e. The number of ether oxygens (including phenoxy) is 3. The van der Waals surface area contributed by atoms with Crippen LogP contribution in [0.5, 0.6) is 0 Å². The Balaban J connectivity index is 1.87. The fourth-order valence-corrected chi connectivity index (χ4v) is 0.754. The highest BCUT2D eigenvalue weighted by Gasteiger charge is 2.10. The van der Waals surface area contributed by atoms with Gasteiger partial charge >= 0.3 is 0 Å². The van der Waals surface area contributed by atoms with E-state index in [1.165, 1.54) is 12.5 Å². The summed E-state index contributed by atoms with van der Waals surface area (Å²) in [6, 6.07) is 0. The molecule has 0 amide bonds. The summed E-state index contributed by atoms with van der Waals surface area (Å²) in [6.45, 7) is 0.984. The first-order valence-electron chi connectivity index (χ1n) is 3.58. The monoisotopic (exact) mass is 160 g/mol. The maximum atomic E-state index is 8.36. The molecule has 0 spiro atoms. The second kappa shape index (κ2) is 4.98. The number of aliphatic hydroxyl groups is 1. The normalized spacial score (nSPS) is 16.5. The standard InChI is InChI=1S/C7H12O4/c8-2-4-9-3-1-7-10-5-6-11-7/h5-8H,1-4H2. The fraction of sp³-hybridized carbons (Fsp3) is 0.714. The van der Waals surface area contributed by atoms with Crippen molar-refractivity contribution in [3.63, 3.8) is 0 Å². The van der Waals surface area contributed by atoms with Crippen LogP contribution >= 0.6 is 0 Å². The van der Waals surface area contributed by atoms with Crippen LogP contribution in [0, 0.1) is 0 Å². The molecule has 0 bridgehead atoms. The van der Waals surface area contributed by atoms with Gasteiger partial charge in [-0.15, -0.1) is 0 Å². The van der Waals surface area contributed by atoms with E-state index >= 15 is 0 Å². The molecule has 4 heteroatoms. The number of hydrogen-bond acceptors (Lipinski definition) is 4. The summed E-state index contributed by atoms with van der Waals surface area (Å²) in [7, 11) is 0. The van der Waals surface area contributed by atoms with Crippen molar-refractivity contribution < 1.29 is 19.3 Å². The molecule has 0 atom stereocenters. The minimum Gasteiger partial charge on any atom is -0.459 e. The number of hydrogen-bond donors (Lipinski definition) is 1. The summed E-state index contributed by atoms with van der Waals surface area (Å²) in [5.74, 6) is 0. The number of rotatable bonds is 5. The van der Waals surface area contributed by atoms with Crippen molar-refractivity contribution in [2.75, 3.05) is 19.8 Å². The Morgan fingerprint density at radius 3 is 2.64 bits per heavy atom. The van der Waals surface area contributed by atoms with E-state index in [1.807, 2.05) is 0 Å². The van der Waals surface area contributed by atoms with Crippen molar-refractivity contribution in [3.05, 3.63) is 12.5 Å². The van der Waals surface area contributed by atoms with E-state index in [-0.39, 0.29) is 12.9 Å². The van der Waals surface area contributed by atoms with E-state index in [4.69, 9.17) is 19.3 Å². The van der Waals surface area contributed by atoms with Crippen molar-refractivity contribution in [2.45, 2.75) is 12.7 Å². The molecule has 1 rings (SSSR count). The van der Waals surface area contributed by atoms with Crippen LogP contribution in [-0.4, -0.2) is 31.2 Å². The van der Waals surface area contributed by atoms with E-state index in [0.29, 0.717) is 19.6 Å². The summed E-state index contributed by atoms with van der Waals surface area (Å²) >= 11 is 0. The molecule has 0 aliphatic carbocycles. The molecule has 11 heavy (non-hydrogen) atoms. The Hall–Kier alpha value is -0.740. The van der Waals surface area contributed by atoms with Gasteiger partial charge in [-0.25, -0.2) is 0 Å². The molecule has 0 aromatic carbocycles. The fourth-order valence-electron chi connectivity index (χ4n) is 0.754. The summed E-state index contributed by atoms with van der Waals surface area (Å²) in [6.07, 6.45) is 3.51. The van der Waals surface area contributed by atoms with Crippen LogP contribution in [0.25, 0.3) is 0 Å². The van der Waals surface area contributed by atoms with E-state index < -0.39 is 0 Å². The van der Waals surface area contributed by atoms with Gasteiger partial charge in [0.15, 0.2) is 0 Å². The number of aliphatic hydroxyl groups excluding tert-OH is 1. The van der Waals surface area contributed by atoms with Gasteiger partial charge in [-0.05, 0) is 0 Å². The molecule has 0 radical (unpaired) electrons. The molecule has 0 saturated heterocycles. The smallest absolute Gasteiger partial charge is 0.241 e. The van der Waals surface area contributed by atoms with Gasteiger partial charge < -0.3 is 19.3 Å². The Bertz CT molecular complexity index is 116. The Labute approximate surface area is 65.4 Å². The van der Waals surface area contributed by atoms with Crippen LogP contribution in [0.15, 0.2) is 12.5 Å². The molecule has 1 heterocycles. The van der Waals surface area contributed by atoms with Gasteiger partial charge in [0.2, 0.25) is 6.29 Å². The first kappa shape index (κ1) is 8.36. The van der Waals surface area contributed by atoms with Crippen LogP contribution in [0.4, 0.5) is 0 Å². The molecule has 1 aliphatic rings. The van der Waals surface area contributed by atoms with Gasteiger partial charge in [-0.3, -0.25) is 0 Å². The van der Waals surface area contributed by atoms with E-state index in [9.17, 15) is 0 Å². The molecular weight excluding hydrogens is 148 g/mol. The summed E-state index contributed by atoms with van der Waals surface area (Å²) < 4.78 is 15.0. The average molecular weight is 160 g/mol. The van der Waals surface area contributed by atoms with Crippen LogP contribution < -0.4 is 0 Å². The molecule has 0 saturated carbocycles. The first-order chi connectivity index (χ1) is 5.43. The van der Waals surface area contributed by atoms with Gasteiger partial charge in [0, 0.05) is 6.42 Å². The van der Waals surface area contributed by atoms with Gasteiger partial charge in [-0.1, -0.05) is 0 Å². The average Bonchev–Trinajstić information content (AvgIpc) is 2.50. The van der Waals surface area contributed by atoms with Crippen molar-refractivity contribution in [3.8, 4) is 0 Å². The maximum absolute atomic E-state index is 8.36. The summed E-state index contributed by atoms with van der Waals surface area (Å²) in [4.78, 5) is 0. The lowest BCUT2D eigenvalue weighted by Crippen LogP contribution is -2.12. The van der Waals surface area contributed by atoms with Gasteiger partial charge in [0.05, 0.1) is 19.8 Å². The molecule has 0 unspecified atom stereocenters. The van der Waals surface area contributed by atoms with Gasteiger partial charge in [0.25, 0.3) is 0 Å². The second-order valence-electron chi connectivity index (χ2n) is 2.10. The third-order valence-electron chi connectivity index (χ3n) is 1.25. The zero-order valence-electron chi connectivity index (χ0n) is 6.23. The summed E-state index contributed by atoms with van der Waals surface area (Å²) in [5.41, 5.74) is 0. The quantitative estimate of drug-likeness (QED) is 0.585. The SMILES string of the molecule is OCCOCCC1OC=CO1. The van der Waals surface area contributed by atoms with Crippen LogP contribution in [0.2, 0.25) is 0 Å². The van der Waals surface area contributed by atoms with Crippen molar-refractivity contribution in [1.29, 1.82) is 0 Å². The predicted octanol–water partition coefficient (Wildman–Crippen LogP) is 0.229. The van der Waals surface area contributed by atoms with E-state index in [0.717, 1.165) is 0 Å². The van der Waals surface area contributed by atoms with Crippen molar-refractivity contribution >= 4 is 0 Å². The van der Waals surface area contributed by atoms with Crippen LogP contribution in [-0.2, 0) is 14.2 Å². The molecule has 1 N–H and O–H groups in total. The molecule has 0 aromatic rings. The van der Waals surface area contributed by atoms with Gasteiger partial charge in [0.1, 0.15) is 12.5 Å². The predicted molar refractivity (Wildman–Crippen MR) is 37.6 cm³/mol. The third-order valence-corrected chi connectivity index (χ3v) is 1.25. The van der Waals surface area contributed by atoms with Crippen LogP contribution in [0.3, 0.4) is 0 Å².